The number of amides is 3. The molecule has 3 rings (SSSR count). The van der Waals surface area contributed by atoms with Gasteiger partial charge < -0.3 is 16.0 Å². The van der Waals surface area contributed by atoms with Crippen molar-refractivity contribution >= 4 is 44.9 Å². The number of hydrogen-bond donors (Lipinski definition) is 3. The Kier molecular flexibility index (Phi) is 3.85. The fraction of sp³-hybridized carbons (Fsp3) is 0.125. The minimum Gasteiger partial charge on any atom is -0.326 e. The summed E-state index contributed by atoms with van der Waals surface area (Å²) >= 11 is 3.39. The summed E-state index contributed by atoms with van der Waals surface area (Å²) in [5.41, 5.74) is 4.07. The smallest absolute Gasteiger partial charge is 0.323 e. The standard InChI is InChI=1S/C16H14BrN3O2/c1-9-6-11(17)2-4-13(9)20-16(22)18-12-3-5-14-10(7-12)8-15(21)19-14/h2-7H,8H2,1H3,(H,19,21)(H2,18,20,22). The highest BCUT2D eigenvalue weighted by Crippen LogP contribution is 2.26. The summed E-state index contributed by atoms with van der Waals surface area (Å²) in [5.74, 6) is -0.0258. The normalized spacial score (nSPS) is 12.5. The molecule has 0 bridgehead atoms. The molecular formula is C16H14BrN3O2. The number of benzene rings is 2. The first-order valence-electron chi connectivity index (χ1n) is 6.78. The van der Waals surface area contributed by atoms with Crippen molar-refractivity contribution in [2.75, 3.05) is 16.0 Å². The molecule has 3 N–H and O–H groups in total. The van der Waals surface area contributed by atoms with E-state index >= 15 is 0 Å². The second-order valence-electron chi connectivity index (χ2n) is 5.14. The van der Waals surface area contributed by atoms with Crippen molar-refractivity contribution in [2.24, 2.45) is 0 Å². The Morgan fingerprint density at radius 3 is 2.77 bits per heavy atom. The van der Waals surface area contributed by atoms with Gasteiger partial charge in [0.1, 0.15) is 0 Å². The zero-order valence-corrected chi connectivity index (χ0v) is 13.5. The molecule has 0 radical (unpaired) electrons. The molecule has 1 aliphatic heterocycles. The number of carbonyl (C=O) groups is 2. The summed E-state index contributed by atoms with van der Waals surface area (Å²) in [4.78, 5) is 23.4. The Hall–Kier alpha value is -2.34. The minimum absolute atomic E-state index is 0.0258. The number of rotatable bonds is 2. The predicted octanol–water partition coefficient (Wildman–Crippen LogP) is 3.90. The fourth-order valence-corrected chi connectivity index (χ4v) is 2.83. The van der Waals surface area contributed by atoms with E-state index in [1.54, 1.807) is 18.2 Å². The van der Waals surface area contributed by atoms with E-state index in [-0.39, 0.29) is 11.9 Å². The summed E-state index contributed by atoms with van der Waals surface area (Å²) in [6.45, 7) is 1.92. The van der Waals surface area contributed by atoms with E-state index in [1.807, 2.05) is 25.1 Å². The van der Waals surface area contributed by atoms with Crippen LogP contribution in [0.5, 0.6) is 0 Å². The highest BCUT2D eigenvalue weighted by molar-refractivity contribution is 9.10. The van der Waals surface area contributed by atoms with Gasteiger partial charge in [0, 0.05) is 21.5 Å². The number of carbonyl (C=O) groups excluding carboxylic acids is 2. The number of aryl methyl sites for hydroxylation is 1. The van der Waals surface area contributed by atoms with Gasteiger partial charge in [-0.2, -0.15) is 0 Å². The van der Waals surface area contributed by atoms with Crippen LogP contribution < -0.4 is 16.0 Å². The molecule has 1 heterocycles. The number of urea groups is 1. The van der Waals surface area contributed by atoms with E-state index in [0.29, 0.717) is 12.1 Å². The summed E-state index contributed by atoms with van der Waals surface area (Å²) in [6.07, 6.45) is 0.346. The third-order valence-corrected chi connectivity index (χ3v) is 3.92. The first-order chi connectivity index (χ1) is 10.5. The van der Waals surface area contributed by atoms with Crippen molar-refractivity contribution in [2.45, 2.75) is 13.3 Å². The maximum absolute atomic E-state index is 12.1. The quantitative estimate of drug-likeness (QED) is 0.760. The number of fused-ring (bicyclic) bond motifs is 1. The Labute approximate surface area is 136 Å². The van der Waals surface area contributed by atoms with Crippen LogP contribution in [0.3, 0.4) is 0 Å². The van der Waals surface area contributed by atoms with Crippen molar-refractivity contribution in [3.05, 3.63) is 52.0 Å². The number of hydrogen-bond acceptors (Lipinski definition) is 2. The Bertz CT molecular complexity index is 774. The van der Waals surface area contributed by atoms with Crippen LogP contribution in [0.15, 0.2) is 40.9 Å². The highest BCUT2D eigenvalue weighted by Gasteiger charge is 2.17. The van der Waals surface area contributed by atoms with Crippen LogP contribution >= 0.6 is 15.9 Å². The molecule has 0 aliphatic carbocycles. The summed E-state index contributed by atoms with van der Waals surface area (Å²) in [5, 5.41) is 8.34. The highest BCUT2D eigenvalue weighted by atomic mass is 79.9. The van der Waals surface area contributed by atoms with E-state index in [1.165, 1.54) is 0 Å². The topological polar surface area (TPSA) is 70.2 Å². The SMILES string of the molecule is Cc1cc(Br)ccc1NC(=O)Nc1ccc2c(c1)CC(=O)N2. The Balaban J connectivity index is 1.70. The lowest BCUT2D eigenvalue weighted by Gasteiger charge is -2.11. The van der Waals surface area contributed by atoms with Gasteiger partial charge in [0.25, 0.3) is 0 Å². The summed E-state index contributed by atoms with van der Waals surface area (Å²) in [7, 11) is 0. The average Bonchev–Trinajstić information content (AvgIpc) is 2.81. The number of halogens is 1. The molecule has 0 fully saturated rings. The van der Waals surface area contributed by atoms with Gasteiger partial charge in [-0.1, -0.05) is 15.9 Å². The van der Waals surface area contributed by atoms with Crippen molar-refractivity contribution in [3.63, 3.8) is 0 Å². The van der Waals surface area contributed by atoms with Crippen LogP contribution in [0, 0.1) is 6.92 Å². The van der Waals surface area contributed by atoms with E-state index < -0.39 is 0 Å². The first kappa shape index (κ1) is 14.6. The minimum atomic E-state index is -0.317. The number of anilines is 3. The van der Waals surface area contributed by atoms with Crippen molar-refractivity contribution in [1.29, 1.82) is 0 Å². The third kappa shape index (κ3) is 3.12. The van der Waals surface area contributed by atoms with Crippen LogP contribution in [0.1, 0.15) is 11.1 Å². The van der Waals surface area contributed by atoms with Gasteiger partial charge >= 0.3 is 6.03 Å². The van der Waals surface area contributed by atoms with Gasteiger partial charge in [-0.3, -0.25) is 4.79 Å². The summed E-state index contributed by atoms with van der Waals surface area (Å²) in [6, 6.07) is 10.7. The molecule has 6 heteroatoms. The molecule has 0 saturated carbocycles. The first-order valence-corrected chi connectivity index (χ1v) is 7.57. The second kappa shape index (κ2) is 5.81. The molecule has 2 aromatic rings. The molecule has 0 aromatic heterocycles. The molecule has 5 nitrogen and oxygen atoms in total. The maximum Gasteiger partial charge on any atom is 0.323 e. The molecule has 2 aromatic carbocycles. The van der Waals surface area contributed by atoms with Gasteiger partial charge in [0.2, 0.25) is 5.91 Å². The van der Waals surface area contributed by atoms with E-state index in [2.05, 4.69) is 31.9 Å². The van der Waals surface area contributed by atoms with Crippen molar-refractivity contribution < 1.29 is 9.59 Å². The fourth-order valence-electron chi connectivity index (χ4n) is 2.36. The van der Waals surface area contributed by atoms with Gasteiger partial charge in [0.15, 0.2) is 0 Å². The maximum atomic E-state index is 12.1. The largest absolute Gasteiger partial charge is 0.326 e. The summed E-state index contributed by atoms with van der Waals surface area (Å²) < 4.78 is 0.965. The number of nitrogens with one attached hydrogen (secondary N) is 3. The second-order valence-corrected chi connectivity index (χ2v) is 6.05. The lowest BCUT2D eigenvalue weighted by molar-refractivity contribution is -0.115. The van der Waals surface area contributed by atoms with Crippen LogP contribution in [-0.2, 0) is 11.2 Å². The van der Waals surface area contributed by atoms with Gasteiger partial charge in [-0.25, -0.2) is 4.79 Å². The van der Waals surface area contributed by atoms with Crippen LogP contribution in [0.25, 0.3) is 0 Å². The van der Waals surface area contributed by atoms with Crippen LogP contribution in [0.4, 0.5) is 21.9 Å². The monoisotopic (exact) mass is 359 g/mol. The van der Waals surface area contributed by atoms with E-state index in [4.69, 9.17) is 0 Å². The molecule has 0 spiro atoms. The Morgan fingerprint density at radius 1 is 1.18 bits per heavy atom. The zero-order valence-electron chi connectivity index (χ0n) is 11.9. The van der Waals surface area contributed by atoms with E-state index in [9.17, 15) is 9.59 Å². The van der Waals surface area contributed by atoms with Gasteiger partial charge in [-0.15, -0.1) is 0 Å². The molecule has 3 amide bonds. The van der Waals surface area contributed by atoms with Crippen LogP contribution in [-0.4, -0.2) is 11.9 Å². The lowest BCUT2D eigenvalue weighted by Crippen LogP contribution is -2.20. The van der Waals surface area contributed by atoms with Crippen molar-refractivity contribution in [1.82, 2.24) is 0 Å². The Morgan fingerprint density at radius 2 is 2.00 bits per heavy atom. The van der Waals surface area contributed by atoms with Gasteiger partial charge in [-0.05, 0) is 54.4 Å². The predicted molar refractivity (Wildman–Crippen MR) is 90.3 cm³/mol. The molecule has 1 aliphatic rings. The van der Waals surface area contributed by atoms with Gasteiger partial charge in [0.05, 0.1) is 6.42 Å². The molecule has 0 unspecified atom stereocenters. The molecule has 0 saturated heterocycles. The lowest BCUT2D eigenvalue weighted by atomic mass is 10.1. The van der Waals surface area contributed by atoms with E-state index in [0.717, 1.165) is 27.0 Å². The molecular weight excluding hydrogens is 346 g/mol. The van der Waals surface area contributed by atoms with Crippen LogP contribution in [0.2, 0.25) is 0 Å². The molecule has 22 heavy (non-hydrogen) atoms. The zero-order chi connectivity index (χ0) is 15.7. The van der Waals surface area contributed by atoms with Crippen molar-refractivity contribution in [3.8, 4) is 0 Å². The molecule has 0 atom stereocenters. The average molecular weight is 360 g/mol. The molecule has 112 valence electrons. The third-order valence-electron chi connectivity index (χ3n) is 3.42.